The van der Waals surface area contributed by atoms with Crippen molar-refractivity contribution in [1.29, 1.82) is 0 Å². The number of aryl methyl sites for hydroxylation is 2. The molecule has 0 fully saturated rings. The second-order valence-corrected chi connectivity index (χ2v) is 4.34. The van der Waals surface area contributed by atoms with Crippen LogP contribution in [-0.4, -0.2) is 20.8 Å². The molecule has 1 unspecified atom stereocenters. The zero-order valence-electron chi connectivity index (χ0n) is 10.5. The van der Waals surface area contributed by atoms with Crippen molar-refractivity contribution in [3.05, 3.63) is 52.2 Å². The van der Waals surface area contributed by atoms with Crippen molar-refractivity contribution in [1.82, 2.24) is 9.13 Å². The molecule has 0 aliphatic carbocycles. The molecule has 0 saturated carbocycles. The maximum Gasteiger partial charge on any atom is 0.332 e. The van der Waals surface area contributed by atoms with Crippen molar-refractivity contribution in [3.8, 4) is 5.69 Å². The summed E-state index contributed by atoms with van der Waals surface area (Å²) in [6, 6.07) is 7.18. The average Bonchev–Trinajstić information content (AvgIpc) is 2.63. The highest BCUT2D eigenvalue weighted by Crippen LogP contribution is 2.15. The van der Waals surface area contributed by atoms with Gasteiger partial charge in [-0.1, -0.05) is 12.1 Å². The number of rotatable bonds is 3. The number of aliphatic hydroxyl groups excluding tert-OH is 1. The number of hydrogen-bond acceptors (Lipinski definition) is 3. The number of benzene rings is 1. The van der Waals surface area contributed by atoms with Crippen molar-refractivity contribution < 1.29 is 5.11 Å². The molecule has 0 bridgehead atoms. The molecule has 1 aromatic heterocycles. The van der Waals surface area contributed by atoms with E-state index in [1.54, 1.807) is 29.9 Å². The summed E-state index contributed by atoms with van der Waals surface area (Å²) in [5, 5.41) is 9.61. The molecular weight excluding hydrogens is 230 g/mol. The monoisotopic (exact) mass is 247 g/mol. The normalized spacial score (nSPS) is 12.7. The number of hydrogen-bond donors (Lipinski definition) is 2. The molecule has 2 aromatic rings. The van der Waals surface area contributed by atoms with Crippen LogP contribution in [0.15, 0.2) is 35.3 Å². The Bertz CT molecular complexity index is 596. The van der Waals surface area contributed by atoms with E-state index in [9.17, 15) is 9.90 Å². The lowest BCUT2D eigenvalue weighted by molar-refractivity contribution is 0.187. The van der Waals surface area contributed by atoms with Gasteiger partial charge in [0.05, 0.1) is 11.8 Å². The number of nitrogens with zero attached hydrogens (tertiary/aromatic N) is 2. The van der Waals surface area contributed by atoms with Gasteiger partial charge in [-0.05, 0) is 24.6 Å². The summed E-state index contributed by atoms with van der Waals surface area (Å²) in [7, 11) is 1.72. The molecule has 1 heterocycles. The quantitative estimate of drug-likeness (QED) is 0.828. The largest absolute Gasteiger partial charge is 0.387 e. The van der Waals surface area contributed by atoms with Crippen LogP contribution in [0.25, 0.3) is 5.69 Å². The molecule has 0 radical (unpaired) electrons. The van der Waals surface area contributed by atoms with E-state index in [0.29, 0.717) is 0 Å². The molecular formula is C13H17N3O2. The minimum atomic E-state index is -0.660. The van der Waals surface area contributed by atoms with E-state index >= 15 is 0 Å². The first-order valence-electron chi connectivity index (χ1n) is 5.78. The van der Waals surface area contributed by atoms with E-state index in [4.69, 9.17) is 5.73 Å². The summed E-state index contributed by atoms with van der Waals surface area (Å²) >= 11 is 0. The first kappa shape index (κ1) is 12.6. The summed E-state index contributed by atoms with van der Waals surface area (Å²) in [5.41, 5.74) is 7.72. The first-order valence-corrected chi connectivity index (χ1v) is 5.78. The third-order valence-electron chi connectivity index (χ3n) is 2.99. The molecule has 5 nitrogen and oxygen atoms in total. The van der Waals surface area contributed by atoms with Gasteiger partial charge in [0.25, 0.3) is 0 Å². The molecule has 3 N–H and O–H groups in total. The number of aromatic nitrogens is 2. The van der Waals surface area contributed by atoms with Crippen molar-refractivity contribution in [2.45, 2.75) is 13.0 Å². The zero-order valence-corrected chi connectivity index (χ0v) is 10.5. The van der Waals surface area contributed by atoms with Gasteiger partial charge in [0, 0.05) is 25.5 Å². The average molecular weight is 247 g/mol. The highest BCUT2D eigenvalue weighted by molar-refractivity contribution is 5.37. The SMILES string of the molecule is Cc1cn(C)c(=O)n1-c1ccc(C(O)CN)cc1. The highest BCUT2D eigenvalue weighted by Gasteiger charge is 2.09. The fraction of sp³-hybridized carbons (Fsp3) is 0.308. The fourth-order valence-electron chi connectivity index (χ4n) is 2.00. The lowest BCUT2D eigenvalue weighted by atomic mass is 10.1. The molecule has 0 aliphatic heterocycles. The molecule has 96 valence electrons. The lowest BCUT2D eigenvalue weighted by Crippen LogP contribution is -2.21. The second-order valence-electron chi connectivity index (χ2n) is 4.34. The molecule has 2 rings (SSSR count). The van der Waals surface area contributed by atoms with Gasteiger partial charge in [0.1, 0.15) is 0 Å². The maximum atomic E-state index is 11.9. The van der Waals surface area contributed by atoms with Crippen LogP contribution in [0.4, 0.5) is 0 Å². The minimum Gasteiger partial charge on any atom is -0.387 e. The van der Waals surface area contributed by atoms with Crippen molar-refractivity contribution in [2.24, 2.45) is 12.8 Å². The third kappa shape index (κ3) is 2.10. The molecule has 1 atom stereocenters. The Balaban J connectivity index is 2.44. The highest BCUT2D eigenvalue weighted by atomic mass is 16.3. The summed E-state index contributed by atoms with van der Waals surface area (Å²) < 4.78 is 3.16. The van der Waals surface area contributed by atoms with E-state index in [-0.39, 0.29) is 12.2 Å². The van der Waals surface area contributed by atoms with Gasteiger partial charge < -0.3 is 15.4 Å². The Morgan fingerprint density at radius 1 is 1.33 bits per heavy atom. The van der Waals surface area contributed by atoms with E-state index in [1.807, 2.05) is 19.1 Å². The van der Waals surface area contributed by atoms with E-state index in [2.05, 4.69) is 0 Å². The summed E-state index contributed by atoms with van der Waals surface area (Å²) in [6.45, 7) is 2.06. The minimum absolute atomic E-state index is 0.0837. The molecule has 0 saturated heterocycles. The van der Waals surface area contributed by atoms with Crippen molar-refractivity contribution >= 4 is 0 Å². The van der Waals surface area contributed by atoms with Crippen LogP contribution in [0.2, 0.25) is 0 Å². The Labute approximate surface area is 105 Å². The topological polar surface area (TPSA) is 73.2 Å². The van der Waals surface area contributed by atoms with Crippen LogP contribution in [0.1, 0.15) is 17.4 Å². The van der Waals surface area contributed by atoms with E-state index < -0.39 is 6.10 Å². The predicted molar refractivity (Wildman–Crippen MR) is 69.8 cm³/mol. The molecule has 5 heteroatoms. The van der Waals surface area contributed by atoms with Gasteiger partial charge in [0.2, 0.25) is 0 Å². The van der Waals surface area contributed by atoms with Gasteiger partial charge >= 0.3 is 5.69 Å². The molecule has 1 aromatic carbocycles. The van der Waals surface area contributed by atoms with Crippen LogP contribution in [0.3, 0.4) is 0 Å². The van der Waals surface area contributed by atoms with Gasteiger partial charge in [-0.15, -0.1) is 0 Å². The van der Waals surface area contributed by atoms with Crippen LogP contribution in [0.5, 0.6) is 0 Å². The second kappa shape index (κ2) is 4.80. The summed E-state index contributed by atoms with van der Waals surface area (Å²) in [6.07, 6.45) is 1.12. The van der Waals surface area contributed by atoms with Gasteiger partial charge in [-0.25, -0.2) is 4.79 Å². The fourth-order valence-corrected chi connectivity index (χ4v) is 2.00. The summed E-state index contributed by atoms with van der Waals surface area (Å²) in [5.74, 6) is 0. The summed E-state index contributed by atoms with van der Waals surface area (Å²) in [4.78, 5) is 11.9. The van der Waals surface area contributed by atoms with Crippen LogP contribution >= 0.6 is 0 Å². The smallest absolute Gasteiger partial charge is 0.332 e. The van der Waals surface area contributed by atoms with E-state index in [0.717, 1.165) is 16.9 Å². The van der Waals surface area contributed by atoms with Gasteiger partial charge in [-0.2, -0.15) is 0 Å². The third-order valence-corrected chi connectivity index (χ3v) is 2.99. The number of nitrogens with two attached hydrogens (primary N) is 1. The number of imidazole rings is 1. The Kier molecular flexibility index (Phi) is 3.36. The first-order chi connectivity index (χ1) is 8.54. The molecule has 18 heavy (non-hydrogen) atoms. The molecule has 0 spiro atoms. The Morgan fingerprint density at radius 3 is 2.39 bits per heavy atom. The zero-order chi connectivity index (χ0) is 13.3. The van der Waals surface area contributed by atoms with Crippen LogP contribution in [0, 0.1) is 6.92 Å². The van der Waals surface area contributed by atoms with Crippen molar-refractivity contribution in [2.75, 3.05) is 6.54 Å². The van der Waals surface area contributed by atoms with Gasteiger partial charge in [0.15, 0.2) is 0 Å². The standard InChI is InChI=1S/C13H17N3O2/c1-9-8-15(2)13(18)16(9)11-5-3-10(4-6-11)12(17)7-14/h3-6,8,12,17H,7,14H2,1-2H3. The molecule has 0 amide bonds. The van der Waals surface area contributed by atoms with Gasteiger partial charge in [-0.3, -0.25) is 4.57 Å². The Hall–Kier alpha value is -1.85. The Morgan fingerprint density at radius 2 is 1.94 bits per heavy atom. The van der Waals surface area contributed by atoms with Crippen molar-refractivity contribution in [3.63, 3.8) is 0 Å². The molecule has 0 aliphatic rings. The number of aliphatic hydroxyl groups is 1. The van der Waals surface area contributed by atoms with E-state index in [1.165, 1.54) is 4.57 Å². The lowest BCUT2D eigenvalue weighted by Gasteiger charge is -2.09. The van der Waals surface area contributed by atoms with Crippen LogP contribution in [-0.2, 0) is 7.05 Å². The van der Waals surface area contributed by atoms with Crippen LogP contribution < -0.4 is 11.4 Å². The maximum absolute atomic E-state index is 11.9. The predicted octanol–water partition coefficient (Wildman–Crippen LogP) is 0.477.